The van der Waals surface area contributed by atoms with Crippen molar-refractivity contribution >= 4 is 11.9 Å². The Kier molecular flexibility index (Phi) is 7.63. The SMILES string of the molecule is C=CC(=O)OC(F)(F)C(F)(F)OC(F)(F)C(F)(F)OC(F)(F)C(F)(F)OC(=O)C=C. The lowest BCUT2D eigenvalue weighted by molar-refractivity contribution is -0.559. The predicted octanol–water partition coefficient (Wildman–Crippen LogP) is 4.03. The van der Waals surface area contributed by atoms with Gasteiger partial charge in [-0.25, -0.2) is 19.1 Å². The third-order valence-electron chi connectivity index (χ3n) is 2.32. The second-order valence-corrected chi connectivity index (χ2v) is 4.56. The monoisotopic (exact) mass is 474 g/mol. The topological polar surface area (TPSA) is 71.1 Å². The molecule has 0 spiro atoms. The molecule has 0 atom stereocenters. The van der Waals surface area contributed by atoms with Crippen LogP contribution in [-0.2, 0) is 28.5 Å². The van der Waals surface area contributed by atoms with Gasteiger partial charge in [0.1, 0.15) is 0 Å². The van der Waals surface area contributed by atoms with Crippen molar-refractivity contribution < 1.29 is 81.2 Å². The molecule has 30 heavy (non-hydrogen) atoms. The number of carbonyl (C=O) groups is 2. The Bertz CT molecular complexity index is 631. The van der Waals surface area contributed by atoms with Crippen LogP contribution >= 0.6 is 0 Å². The lowest BCUT2D eigenvalue weighted by Crippen LogP contribution is -2.59. The van der Waals surface area contributed by atoms with E-state index in [2.05, 4.69) is 22.6 Å². The average Bonchev–Trinajstić information content (AvgIpc) is 2.51. The molecular weight excluding hydrogens is 468 g/mol. The summed E-state index contributed by atoms with van der Waals surface area (Å²) < 4.78 is 165. The Hall–Kier alpha value is -2.50. The maximum Gasteiger partial charge on any atom is 0.496 e. The van der Waals surface area contributed by atoms with Crippen molar-refractivity contribution in [3.8, 4) is 0 Å². The fourth-order valence-corrected chi connectivity index (χ4v) is 1.01. The normalized spacial score (nSPS) is 14.1. The average molecular weight is 474 g/mol. The number of alkyl halides is 12. The summed E-state index contributed by atoms with van der Waals surface area (Å²) in [7, 11) is 0. The number of carbonyl (C=O) groups excluding carboxylic acids is 2. The molecule has 0 saturated carbocycles. The number of esters is 2. The van der Waals surface area contributed by atoms with Crippen LogP contribution in [0.15, 0.2) is 25.3 Å². The van der Waals surface area contributed by atoms with Gasteiger partial charge >= 0.3 is 48.6 Å². The first kappa shape index (κ1) is 27.5. The number of hydrogen-bond acceptors (Lipinski definition) is 6. The molecule has 0 amide bonds. The Morgan fingerprint density at radius 1 is 0.500 bits per heavy atom. The van der Waals surface area contributed by atoms with E-state index in [0.29, 0.717) is 0 Å². The van der Waals surface area contributed by atoms with Crippen molar-refractivity contribution in [3.63, 3.8) is 0 Å². The molecule has 0 aliphatic heterocycles. The zero-order valence-corrected chi connectivity index (χ0v) is 13.6. The van der Waals surface area contributed by atoms with E-state index in [-0.39, 0.29) is 12.2 Å². The smallest absolute Gasteiger partial charge is 0.391 e. The van der Waals surface area contributed by atoms with Gasteiger partial charge in [0.25, 0.3) is 0 Å². The molecule has 0 heterocycles. The van der Waals surface area contributed by atoms with Crippen molar-refractivity contribution in [1.29, 1.82) is 0 Å². The summed E-state index contributed by atoms with van der Waals surface area (Å²) in [5.74, 6) is -4.80. The van der Waals surface area contributed by atoms with Crippen LogP contribution in [0.2, 0.25) is 0 Å². The van der Waals surface area contributed by atoms with E-state index in [1.807, 2.05) is 0 Å². The third-order valence-corrected chi connectivity index (χ3v) is 2.32. The van der Waals surface area contributed by atoms with Gasteiger partial charge in [0.05, 0.1) is 0 Å². The largest absolute Gasteiger partial charge is 0.496 e. The minimum atomic E-state index is -7.19. The fraction of sp³-hybridized carbons (Fsp3) is 0.500. The summed E-state index contributed by atoms with van der Waals surface area (Å²) in [6.45, 7) is 4.90. The van der Waals surface area contributed by atoms with Crippen molar-refractivity contribution in [1.82, 2.24) is 0 Å². The zero-order chi connectivity index (χ0) is 24.4. The van der Waals surface area contributed by atoms with Crippen molar-refractivity contribution in [2.75, 3.05) is 0 Å². The molecule has 0 fully saturated rings. The van der Waals surface area contributed by atoms with Gasteiger partial charge in [0, 0.05) is 12.2 Å². The molecule has 174 valence electrons. The Morgan fingerprint density at radius 2 is 0.700 bits per heavy atom. The summed E-state index contributed by atoms with van der Waals surface area (Å²) in [5.41, 5.74) is 0. The molecule has 0 saturated heterocycles. The minimum Gasteiger partial charge on any atom is -0.391 e. The lowest BCUT2D eigenvalue weighted by atomic mass is 10.5. The van der Waals surface area contributed by atoms with Crippen molar-refractivity contribution in [2.45, 2.75) is 36.7 Å². The van der Waals surface area contributed by atoms with Crippen LogP contribution in [0.5, 0.6) is 0 Å². The zero-order valence-electron chi connectivity index (χ0n) is 13.6. The highest BCUT2D eigenvalue weighted by Gasteiger charge is 2.76. The minimum absolute atomic E-state index is 0.201. The molecule has 0 unspecified atom stereocenters. The van der Waals surface area contributed by atoms with E-state index in [9.17, 15) is 62.3 Å². The van der Waals surface area contributed by atoms with Crippen LogP contribution in [0.25, 0.3) is 0 Å². The maximum absolute atomic E-state index is 13.1. The summed E-state index contributed by atoms with van der Waals surface area (Å²) in [5, 5.41) is 0. The quantitative estimate of drug-likeness (QED) is 0.256. The fourth-order valence-electron chi connectivity index (χ4n) is 1.01. The van der Waals surface area contributed by atoms with E-state index in [1.165, 1.54) is 0 Å². The number of rotatable bonds is 11. The number of halogens is 12. The molecule has 0 aromatic carbocycles. The molecule has 0 rings (SSSR count). The summed E-state index contributed by atoms with van der Waals surface area (Å²) in [4.78, 5) is 20.9. The van der Waals surface area contributed by atoms with Gasteiger partial charge in [-0.1, -0.05) is 13.2 Å². The first-order valence-corrected chi connectivity index (χ1v) is 6.45. The third kappa shape index (κ3) is 6.00. The molecule has 0 aromatic heterocycles. The van der Waals surface area contributed by atoms with Gasteiger partial charge in [0.15, 0.2) is 0 Å². The standard InChI is InChI=1S/C12H6F12O6/c1-3-5(25)27-7(13,14)9(17,18)29-11(21,22)12(23,24)30-10(19,20)8(15,16)28-6(26)4-2/h3-4H,1-2H2. The molecule has 0 N–H and O–H groups in total. The van der Waals surface area contributed by atoms with Crippen molar-refractivity contribution in [3.05, 3.63) is 25.3 Å². The van der Waals surface area contributed by atoms with Crippen LogP contribution in [0.1, 0.15) is 0 Å². The summed E-state index contributed by atoms with van der Waals surface area (Å²) in [6.07, 6.45) is -41.3. The molecule has 0 aliphatic carbocycles. The Labute approximate surface area is 156 Å². The highest BCUT2D eigenvalue weighted by molar-refractivity contribution is 5.81. The number of ether oxygens (including phenoxy) is 4. The van der Waals surface area contributed by atoms with E-state index in [1.54, 1.807) is 9.47 Å². The highest BCUT2D eigenvalue weighted by Crippen LogP contribution is 2.49. The molecule has 18 heteroatoms. The first-order chi connectivity index (χ1) is 13.1. The van der Waals surface area contributed by atoms with Gasteiger partial charge in [-0.05, 0) is 0 Å². The first-order valence-electron chi connectivity index (χ1n) is 6.45. The second kappa shape index (κ2) is 8.32. The molecule has 0 radical (unpaired) electrons. The predicted molar refractivity (Wildman–Crippen MR) is 64.4 cm³/mol. The van der Waals surface area contributed by atoms with Crippen molar-refractivity contribution in [2.24, 2.45) is 0 Å². The van der Waals surface area contributed by atoms with Crippen LogP contribution < -0.4 is 0 Å². The van der Waals surface area contributed by atoms with Gasteiger partial charge in [0.2, 0.25) is 0 Å². The van der Waals surface area contributed by atoms with E-state index in [4.69, 9.17) is 0 Å². The van der Waals surface area contributed by atoms with Crippen LogP contribution in [0.3, 0.4) is 0 Å². The summed E-state index contributed by atoms with van der Waals surface area (Å²) in [6, 6.07) is 0. The van der Waals surface area contributed by atoms with Crippen LogP contribution in [-0.4, -0.2) is 48.6 Å². The Balaban J connectivity index is 5.75. The molecular formula is C12H6F12O6. The molecule has 0 aromatic rings. The summed E-state index contributed by atoms with van der Waals surface area (Å²) >= 11 is 0. The molecule has 6 nitrogen and oxygen atoms in total. The van der Waals surface area contributed by atoms with Gasteiger partial charge < -0.3 is 9.47 Å². The highest BCUT2D eigenvalue weighted by atomic mass is 19.4. The van der Waals surface area contributed by atoms with Gasteiger partial charge in [-0.3, -0.25) is 0 Å². The van der Waals surface area contributed by atoms with Crippen LogP contribution in [0.4, 0.5) is 52.7 Å². The van der Waals surface area contributed by atoms with E-state index in [0.717, 1.165) is 0 Å². The molecule has 0 bridgehead atoms. The van der Waals surface area contributed by atoms with Gasteiger partial charge in [-0.15, -0.1) is 0 Å². The van der Waals surface area contributed by atoms with Crippen LogP contribution in [0, 0.1) is 0 Å². The number of hydrogen-bond donors (Lipinski definition) is 0. The van der Waals surface area contributed by atoms with E-state index < -0.39 is 48.6 Å². The Morgan fingerprint density at radius 3 is 0.900 bits per heavy atom. The van der Waals surface area contributed by atoms with E-state index >= 15 is 0 Å². The maximum atomic E-state index is 13.1. The lowest BCUT2D eigenvalue weighted by Gasteiger charge is -2.33. The van der Waals surface area contributed by atoms with Gasteiger partial charge in [-0.2, -0.15) is 52.7 Å². The molecule has 0 aliphatic rings. The second-order valence-electron chi connectivity index (χ2n) is 4.56.